The van der Waals surface area contributed by atoms with Crippen molar-refractivity contribution < 1.29 is 28.9 Å². The highest BCUT2D eigenvalue weighted by Gasteiger charge is 2.23. The summed E-state index contributed by atoms with van der Waals surface area (Å²) in [7, 11) is 0. The maximum absolute atomic E-state index is 13.5. The number of carbonyl (C=O) groups is 2. The van der Waals surface area contributed by atoms with E-state index in [0.717, 1.165) is 22.5 Å². The van der Waals surface area contributed by atoms with Gasteiger partial charge in [-0.2, -0.15) is 0 Å². The van der Waals surface area contributed by atoms with Crippen molar-refractivity contribution in [1.29, 1.82) is 0 Å². The van der Waals surface area contributed by atoms with Gasteiger partial charge in [-0.25, -0.2) is 19.0 Å². The third-order valence-corrected chi connectivity index (χ3v) is 5.78. The fourth-order valence-corrected chi connectivity index (χ4v) is 4.24. The smallest absolute Gasteiger partial charge is 0.349 e. The Hall–Kier alpha value is -3.72. The van der Waals surface area contributed by atoms with Crippen LogP contribution in [0.15, 0.2) is 42.5 Å². The summed E-state index contributed by atoms with van der Waals surface area (Å²) in [6, 6.07) is 11.6. The molecule has 0 aliphatic heterocycles. The van der Waals surface area contributed by atoms with Crippen LogP contribution in [0.5, 0.6) is 5.75 Å². The Kier molecular flexibility index (Phi) is 4.96. The molecule has 0 bridgehead atoms. The monoisotopic (exact) mass is 426 g/mol. The summed E-state index contributed by atoms with van der Waals surface area (Å²) in [5.74, 6) is -2.15. The van der Waals surface area contributed by atoms with Crippen molar-refractivity contribution >= 4 is 34.3 Å². The molecular formula is C21H15FN2O5S. The second-order valence-corrected chi connectivity index (χ2v) is 7.55. The minimum absolute atomic E-state index is 0.0505. The standard InChI is InChI=1S/C21H15FN2O5S/c1-10-17(29-9-16(25)26)19(21(27)28)30-18(10)11-3-2-4-12(7-11)20-23-14-6-5-13(22)8-15(14)24-20/h2-8H,9H2,1H3,(H,23,24)(H,25,26)(H,27,28). The van der Waals surface area contributed by atoms with Gasteiger partial charge in [-0.15, -0.1) is 11.3 Å². The van der Waals surface area contributed by atoms with Gasteiger partial charge in [0.2, 0.25) is 0 Å². The van der Waals surface area contributed by atoms with E-state index in [9.17, 15) is 19.1 Å². The Morgan fingerprint density at radius 1 is 1.17 bits per heavy atom. The van der Waals surface area contributed by atoms with E-state index in [1.165, 1.54) is 12.1 Å². The number of nitrogens with zero attached hydrogens (tertiary/aromatic N) is 1. The fraction of sp³-hybridized carbons (Fsp3) is 0.0952. The fourth-order valence-electron chi connectivity index (χ4n) is 3.15. The summed E-state index contributed by atoms with van der Waals surface area (Å²) >= 11 is 1.01. The predicted octanol–water partition coefficient (Wildman–Crippen LogP) is 4.57. The minimum Gasteiger partial charge on any atom is -0.480 e. The third kappa shape index (κ3) is 3.62. The topological polar surface area (TPSA) is 113 Å². The molecule has 0 radical (unpaired) electrons. The molecule has 3 N–H and O–H groups in total. The molecule has 0 unspecified atom stereocenters. The Labute approximate surface area is 173 Å². The molecule has 0 amide bonds. The predicted molar refractivity (Wildman–Crippen MR) is 110 cm³/mol. The summed E-state index contributed by atoms with van der Waals surface area (Å²) in [5, 5.41) is 18.3. The van der Waals surface area contributed by atoms with Gasteiger partial charge in [0, 0.05) is 16.0 Å². The summed E-state index contributed by atoms with van der Waals surface area (Å²) < 4.78 is 18.7. The number of fused-ring (bicyclic) bond motifs is 1. The van der Waals surface area contributed by atoms with E-state index in [0.29, 0.717) is 27.3 Å². The van der Waals surface area contributed by atoms with Crippen molar-refractivity contribution in [2.24, 2.45) is 0 Å². The van der Waals surface area contributed by atoms with Gasteiger partial charge in [0.15, 0.2) is 11.5 Å². The van der Waals surface area contributed by atoms with Crippen LogP contribution in [0.3, 0.4) is 0 Å². The van der Waals surface area contributed by atoms with Gasteiger partial charge in [-0.3, -0.25) is 0 Å². The molecule has 0 aliphatic carbocycles. The van der Waals surface area contributed by atoms with E-state index in [1.807, 2.05) is 18.2 Å². The lowest BCUT2D eigenvalue weighted by Crippen LogP contribution is -2.11. The lowest BCUT2D eigenvalue weighted by atomic mass is 10.1. The number of aromatic nitrogens is 2. The zero-order valence-electron chi connectivity index (χ0n) is 15.6. The number of hydrogen-bond acceptors (Lipinski definition) is 5. The SMILES string of the molecule is Cc1c(-c2cccc(-c3nc4ccc(F)cc4[nH]3)c2)sc(C(=O)O)c1OCC(=O)O. The lowest BCUT2D eigenvalue weighted by molar-refractivity contribution is -0.139. The number of nitrogens with one attached hydrogen (secondary N) is 1. The third-order valence-electron chi connectivity index (χ3n) is 4.47. The zero-order chi connectivity index (χ0) is 21.4. The molecule has 4 rings (SSSR count). The van der Waals surface area contributed by atoms with E-state index in [-0.39, 0.29) is 16.4 Å². The van der Waals surface area contributed by atoms with Crippen LogP contribution in [0.4, 0.5) is 4.39 Å². The molecule has 2 aromatic heterocycles. The average Bonchev–Trinajstić information content (AvgIpc) is 3.27. The Morgan fingerprint density at radius 2 is 1.93 bits per heavy atom. The number of aromatic carboxylic acids is 1. The number of hydrogen-bond donors (Lipinski definition) is 3. The van der Waals surface area contributed by atoms with Crippen molar-refractivity contribution in [1.82, 2.24) is 9.97 Å². The van der Waals surface area contributed by atoms with Gasteiger partial charge in [0.25, 0.3) is 0 Å². The molecule has 0 saturated carbocycles. The number of rotatable bonds is 6. The minimum atomic E-state index is -1.19. The van der Waals surface area contributed by atoms with Crippen LogP contribution in [-0.2, 0) is 4.79 Å². The van der Waals surface area contributed by atoms with Gasteiger partial charge >= 0.3 is 11.9 Å². The van der Waals surface area contributed by atoms with Gasteiger partial charge in [0.1, 0.15) is 17.4 Å². The quantitative estimate of drug-likeness (QED) is 0.416. The van der Waals surface area contributed by atoms with Crippen LogP contribution in [0.2, 0.25) is 0 Å². The number of benzene rings is 2. The van der Waals surface area contributed by atoms with E-state index in [4.69, 9.17) is 9.84 Å². The van der Waals surface area contributed by atoms with E-state index in [2.05, 4.69) is 9.97 Å². The van der Waals surface area contributed by atoms with Crippen molar-refractivity contribution in [2.75, 3.05) is 6.61 Å². The van der Waals surface area contributed by atoms with Crippen molar-refractivity contribution in [3.05, 3.63) is 58.7 Å². The maximum atomic E-state index is 13.5. The number of aliphatic carboxylic acids is 1. The molecule has 0 spiro atoms. The molecule has 4 aromatic rings. The molecule has 0 fully saturated rings. The Bertz CT molecular complexity index is 1290. The largest absolute Gasteiger partial charge is 0.480 e. The van der Waals surface area contributed by atoms with Gasteiger partial charge in [-0.05, 0) is 36.8 Å². The Morgan fingerprint density at radius 3 is 2.67 bits per heavy atom. The number of aromatic amines is 1. The normalized spacial score (nSPS) is 11.0. The first-order valence-corrected chi connectivity index (χ1v) is 9.62. The number of ether oxygens (including phenoxy) is 1. The summed E-state index contributed by atoms with van der Waals surface area (Å²) in [4.78, 5) is 30.6. The van der Waals surface area contributed by atoms with Crippen LogP contribution in [0.25, 0.3) is 32.9 Å². The highest BCUT2D eigenvalue weighted by atomic mass is 32.1. The molecule has 152 valence electrons. The summed E-state index contributed by atoms with van der Waals surface area (Å²) in [6.07, 6.45) is 0. The second-order valence-electron chi connectivity index (χ2n) is 6.53. The first-order valence-electron chi connectivity index (χ1n) is 8.81. The lowest BCUT2D eigenvalue weighted by Gasteiger charge is -2.05. The van der Waals surface area contributed by atoms with E-state index >= 15 is 0 Å². The van der Waals surface area contributed by atoms with E-state index in [1.54, 1.807) is 19.1 Å². The van der Waals surface area contributed by atoms with Gasteiger partial charge < -0.3 is 19.9 Å². The van der Waals surface area contributed by atoms with Crippen LogP contribution in [0.1, 0.15) is 15.2 Å². The van der Waals surface area contributed by atoms with Crippen molar-refractivity contribution in [3.63, 3.8) is 0 Å². The van der Waals surface area contributed by atoms with E-state index < -0.39 is 18.5 Å². The second kappa shape index (κ2) is 7.60. The molecular weight excluding hydrogens is 411 g/mol. The molecule has 0 aliphatic rings. The highest BCUT2D eigenvalue weighted by molar-refractivity contribution is 7.18. The summed E-state index contributed by atoms with van der Waals surface area (Å²) in [6.45, 7) is 1.05. The number of H-pyrrole nitrogens is 1. The van der Waals surface area contributed by atoms with Crippen LogP contribution in [0, 0.1) is 12.7 Å². The first-order chi connectivity index (χ1) is 14.3. The van der Waals surface area contributed by atoms with Gasteiger partial charge in [-0.1, -0.05) is 18.2 Å². The molecule has 30 heavy (non-hydrogen) atoms. The number of halogens is 1. The number of carboxylic acids is 2. The average molecular weight is 426 g/mol. The van der Waals surface area contributed by atoms with Crippen LogP contribution < -0.4 is 4.74 Å². The highest BCUT2D eigenvalue weighted by Crippen LogP contribution is 2.42. The van der Waals surface area contributed by atoms with Crippen LogP contribution in [-0.4, -0.2) is 38.7 Å². The molecule has 0 atom stereocenters. The maximum Gasteiger partial charge on any atom is 0.349 e. The molecule has 0 saturated heterocycles. The van der Waals surface area contributed by atoms with Gasteiger partial charge in [0.05, 0.1) is 11.0 Å². The number of imidazole rings is 1. The molecule has 9 heteroatoms. The first kappa shape index (κ1) is 19.6. The molecule has 2 aromatic carbocycles. The Balaban J connectivity index is 1.77. The van der Waals surface area contributed by atoms with Crippen molar-refractivity contribution in [3.8, 4) is 27.6 Å². The van der Waals surface area contributed by atoms with Crippen LogP contribution >= 0.6 is 11.3 Å². The molecule has 7 nitrogen and oxygen atoms in total. The number of carboxylic acid groups (broad SMARTS) is 2. The zero-order valence-corrected chi connectivity index (χ0v) is 16.4. The summed E-state index contributed by atoms with van der Waals surface area (Å²) in [5.41, 5.74) is 3.21. The van der Waals surface area contributed by atoms with Crippen molar-refractivity contribution in [2.45, 2.75) is 6.92 Å². The number of thiophene rings is 1. The molecule has 2 heterocycles.